The zero-order valence-electron chi connectivity index (χ0n) is 16.3. The van der Waals surface area contributed by atoms with Crippen LogP contribution in [0.1, 0.15) is 12.5 Å². The zero-order valence-corrected chi connectivity index (χ0v) is 17.1. The molecule has 0 aliphatic carbocycles. The molecule has 0 bridgehead atoms. The van der Waals surface area contributed by atoms with Crippen LogP contribution in [-0.4, -0.2) is 26.6 Å². The van der Waals surface area contributed by atoms with Gasteiger partial charge in [0.25, 0.3) is 0 Å². The SMILES string of the molecule is CCn1cnc2c(Nc3cccc(Cl)c3)nc(N(C)c3cccc(CN)c3)nc21. The number of fused-ring (bicyclic) bond motifs is 1. The Morgan fingerprint density at radius 3 is 2.72 bits per heavy atom. The molecule has 8 heteroatoms. The Hall–Kier alpha value is -3.16. The predicted molar refractivity (Wildman–Crippen MR) is 118 cm³/mol. The van der Waals surface area contributed by atoms with Crippen LogP contribution in [0.15, 0.2) is 54.9 Å². The van der Waals surface area contributed by atoms with E-state index >= 15 is 0 Å². The van der Waals surface area contributed by atoms with Crippen molar-refractivity contribution >= 4 is 45.9 Å². The molecule has 2 heterocycles. The van der Waals surface area contributed by atoms with Crippen molar-refractivity contribution < 1.29 is 0 Å². The lowest BCUT2D eigenvalue weighted by Gasteiger charge is -2.19. The summed E-state index contributed by atoms with van der Waals surface area (Å²) in [6.07, 6.45) is 1.78. The quantitative estimate of drug-likeness (QED) is 0.490. The summed E-state index contributed by atoms with van der Waals surface area (Å²) in [5, 5.41) is 3.98. The maximum atomic E-state index is 6.14. The molecule has 29 heavy (non-hydrogen) atoms. The van der Waals surface area contributed by atoms with Crippen LogP contribution >= 0.6 is 11.6 Å². The molecule has 0 radical (unpaired) electrons. The van der Waals surface area contributed by atoms with Crippen LogP contribution in [-0.2, 0) is 13.1 Å². The van der Waals surface area contributed by atoms with Gasteiger partial charge in [-0.2, -0.15) is 9.97 Å². The van der Waals surface area contributed by atoms with E-state index in [1.54, 1.807) is 6.33 Å². The van der Waals surface area contributed by atoms with E-state index in [-0.39, 0.29) is 0 Å². The monoisotopic (exact) mass is 407 g/mol. The van der Waals surface area contributed by atoms with Crippen LogP contribution in [0, 0.1) is 0 Å². The molecule has 0 unspecified atom stereocenters. The fourth-order valence-electron chi connectivity index (χ4n) is 3.11. The fraction of sp³-hybridized carbons (Fsp3) is 0.190. The molecule has 148 valence electrons. The van der Waals surface area contributed by atoms with E-state index in [0.29, 0.717) is 28.9 Å². The van der Waals surface area contributed by atoms with E-state index in [2.05, 4.69) is 17.2 Å². The van der Waals surface area contributed by atoms with Gasteiger partial charge in [0.2, 0.25) is 5.95 Å². The van der Waals surface area contributed by atoms with Gasteiger partial charge in [-0.1, -0.05) is 29.8 Å². The van der Waals surface area contributed by atoms with Gasteiger partial charge in [-0.25, -0.2) is 4.98 Å². The first-order valence-electron chi connectivity index (χ1n) is 9.37. The summed E-state index contributed by atoms with van der Waals surface area (Å²) in [5.74, 6) is 1.19. The number of anilines is 4. The number of rotatable bonds is 6. The molecule has 0 fully saturated rings. The highest BCUT2D eigenvalue weighted by atomic mass is 35.5. The Morgan fingerprint density at radius 2 is 1.97 bits per heavy atom. The van der Waals surface area contributed by atoms with Gasteiger partial charge in [-0.05, 0) is 42.8 Å². The second kappa shape index (κ2) is 8.06. The first kappa shape index (κ1) is 19.2. The minimum atomic E-state index is 0.478. The largest absolute Gasteiger partial charge is 0.338 e. The summed E-state index contributed by atoms with van der Waals surface area (Å²) < 4.78 is 1.99. The molecular formula is C21H22ClN7. The van der Waals surface area contributed by atoms with Gasteiger partial charge < -0.3 is 20.5 Å². The van der Waals surface area contributed by atoms with E-state index in [0.717, 1.165) is 29.1 Å². The highest BCUT2D eigenvalue weighted by Crippen LogP contribution is 2.29. The predicted octanol–water partition coefficient (Wildman–Crippen LogP) is 4.47. The average molecular weight is 408 g/mol. The van der Waals surface area contributed by atoms with Crippen molar-refractivity contribution in [1.29, 1.82) is 0 Å². The third-order valence-electron chi connectivity index (χ3n) is 4.71. The first-order chi connectivity index (χ1) is 14.1. The third-order valence-corrected chi connectivity index (χ3v) is 4.95. The van der Waals surface area contributed by atoms with Gasteiger partial charge in [0, 0.05) is 36.5 Å². The number of benzene rings is 2. The number of nitrogens with two attached hydrogens (primary N) is 1. The number of halogens is 1. The topological polar surface area (TPSA) is 84.9 Å². The number of aromatic nitrogens is 4. The molecule has 0 aliphatic heterocycles. The van der Waals surface area contributed by atoms with Crippen molar-refractivity contribution in [3.05, 3.63) is 65.4 Å². The fourth-order valence-corrected chi connectivity index (χ4v) is 3.30. The molecule has 0 atom stereocenters. The standard InChI is InChI=1S/C21H22ClN7/c1-3-29-13-24-18-19(25-16-8-5-7-15(22)11-16)26-21(27-20(18)29)28(2)17-9-4-6-14(10-17)12-23/h4-11,13H,3,12,23H2,1-2H3,(H,25,26,27). The van der Waals surface area contributed by atoms with Crippen LogP contribution in [0.25, 0.3) is 11.2 Å². The van der Waals surface area contributed by atoms with Gasteiger partial charge in [0.05, 0.1) is 6.33 Å². The Balaban J connectivity index is 1.81. The maximum Gasteiger partial charge on any atom is 0.233 e. The van der Waals surface area contributed by atoms with Crippen molar-refractivity contribution in [2.24, 2.45) is 5.73 Å². The lowest BCUT2D eigenvalue weighted by atomic mass is 10.2. The number of nitrogens with one attached hydrogen (secondary N) is 1. The van der Waals surface area contributed by atoms with Gasteiger partial charge in [-0.3, -0.25) is 0 Å². The Labute approximate surface area is 174 Å². The number of aryl methyl sites for hydroxylation is 1. The smallest absolute Gasteiger partial charge is 0.233 e. The average Bonchev–Trinajstić information content (AvgIpc) is 3.16. The van der Waals surface area contributed by atoms with Crippen LogP contribution in [0.2, 0.25) is 5.02 Å². The lowest BCUT2D eigenvalue weighted by molar-refractivity contribution is 0.777. The van der Waals surface area contributed by atoms with E-state index in [1.165, 1.54) is 0 Å². The third kappa shape index (κ3) is 3.87. The molecule has 0 amide bonds. The molecule has 4 aromatic rings. The normalized spacial score (nSPS) is 11.0. The van der Waals surface area contributed by atoms with E-state index in [4.69, 9.17) is 27.3 Å². The van der Waals surface area contributed by atoms with Crippen molar-refractivity contribution in [3.8, 4) is 0 Å². The Morgan fingerprint density at radius 1 is 1.14 bits per heavy atom. The van der Waals surface area contributed by atoms with Gasteiger partial charge >= 0.3 is 0 Å². The number of hydrogen-bond acceptors (Lipinski definition) is 6. The molecule has 0 spiro atoms. The highest BCUT2D eigenvalue weighted by Gasteiger charge is 2.16. The Bertz CT molecular complexity index is 1150. The summed E-state index contributed by atoms with van der Waals surface area (Å²) in [6.45, 7) is 3.29. The van der Waals surface area contributed by atoms with Crippen LogP contribution in [0.3, 0.4) is 0 Å². The van der Waals surface area contributed by atoms with Gasteiger partial charge in [-0.15, -0.1) is 0 Å². The van der Waals surface area contributed by atoms with E-state index in [9.17, 15) is 0 Å². The van der Waals surface area contributed by atoms with Gasteiger partial charge in [0.15, 0.2) is 17.0 Å². The summed E-state index contributed by atoms with van der Waals surface area (Å²) in [7, 11) is 1.94. The number of nitrogens with zero attached hydrogens (tertiary/aromatic N) is 5. The van der Waals surface area contributed by atoms with Crippen LogP contribution in [0.5, 0.6) is 0 Å². The minimum Gasteiger partial charge on any atom is -0.338 e. The molecule has 7 nitrogen and oxygen atoms in total. The second-order valence-electron chi connectivity index (χ2n) is 6.64. The second-order valence-corrected chi connectivity index (χ2v) is 7.08. The van der Waals surface area contributed by atoms with Crippen LogP contribution in [0.4, 0.5) is 23.1 Å². The summed E-state index contributed by atoms with van der Waals surface area (Å²) in [6, 6.07) is 15.5. The molecule has 0 saturated heterocycles. The molecule has 2 aromatic carbocycles. The molecular weight excluding hydrogens is 386 g/mol. The highest BCUT2D eigenvalue weighted by molar-refractivity contribution is 6.30. The van der Waals surface area contributed by atoms with Gasteiger partial charge in [0.1, 0.15) is 0 Å². The summed E-state index contributed by atoms with van der Waals surface area (Å²) in [5.41, 5.74) is 10.1. The summed E-state index contributed by atoms with van der Waals surface area (Å²) in [4.78, 5) is 16.0. The van der Waals surface area contributed by atoms with Crippen molar-refractivity contribution in [2.45, 2.75) is 20.0 Å². The number of hydrogen-bond donors (Lipinski definition) is 2. The molecule has 0 aliphatic rings. The molecule has 3 N–H and O–H groups in total. The van der Waals surface area contributed by atoms with E-state index < -0.39 is 0 Å². The maximum absolute atomic E-state index is 6.14. The van der Waals surface area contributed by atoms with Crippen molar-refractivity contribution in [2.75, 3.05) is 17.3 Å². The minimum absolute atomic E-state index is 0.478. The van der Waals surface area contributed by atoms with Crippen molar-refractivity contribution in [3.63, 3.8) is 0 Å². The summed E-state index contributed by atoms with van der Waals surface area (Å²) >= 11 is 6.14. The number of imidazole rings is 1. The van der Waals surface area contributed by atoms with Crippen LogP contribution < -0.4 is 16.0 Å². The Kier molecular flexibility index (Phi) is 5.33. The zero-order chi connectivity index (χ0) is 20.4. The molecule has 4 rings (SSSR count). The van der Waals surface area contributed by atoms with Crippen molar-refractivity contribution in [1.82, 2.24) is 19.5 Å². The molecule has 0 saturated carbocycles. The van der Waals surface area contributed by atoms with E-state index in [1.807, 2.05) is 65.0 Å². The first-order valence-corrected chi connectivity index (χ1v) is 9.75. The molecule has 2 aromatic heterocycles. The lowest BCUT2D eigenvalue weighted by Crippen LogP contribution is -2.15.